The van der Waals surface area contributed by atoms with Crippen LogP contribution >= 0.6 is 15.9 Å². The smallest absolute Gasteiger partial charge is 0.254 e. The summed E-state index contributed by atoms with van der Waals surface area (Å²) in [6.07, 6.45) is 2.08. The lowest BCUT2D eigenvalue weighted by molar-refractivity contribution is 0.0698. The lowest BCUT2D eigenvalue weighted by Crippen LogP contribution is -2.39. The maximum atomic E-state index is 13.0. The van der Waals surface area contributed by atoms with Gasteiger partial charge in [0.2, 0.25) is 0 Å². The maximum absolute atomic E-state index is 13.0. The minimum Gasteiger partial charge on any atom is -0.339 e. The first-order chi connectivity index (χ1) is 8.61. The molecule has 0 spiro atoms. The Morgan fingerprint density at radius 3 is 2.67 bits per heavy atom. The van der Waals surface area contributed by atoms with Crippen molar-refractivity contribution in [2.75, 3.05) is 18.4 Å². The Morgan fingerprint density at radius 2 is 2.11 bits per heavy atom. The SMILES string of the molecule is Cc1cc(F)ccc1C(=O)N1CCC(CBr)CC1. The molecule has 0 N–H and O–H groups in total. The highest BCUT2D eigenvalue weighted by Gasteiger charge is 2.23. The summed E-state index contributed by atoms with van der Waals surface area (Å²) >= 11 is 3.49. The second kappa shape index (κ2) is 5.83. The third kappa shape index (κ3) is 2.91. The number of benzene rings is 1. The van der Waals surface area contributed by atoms with E-state index in [1.54, 1.807) is 13.0 Å². The van der Waals surface area contributed by atoms with Crippen molar-refractivity contribution in [1.29, 1.82) is 0 Å². The van der Waals surface area contributed by atoms with Crippen molar-refractivity contribution >= 4 is 21.8 Å². The maximum Gasteiger partial charge on any atom is 0.254 e. The van der Waals surface area contributed by atoms with E-state index in [1.807, 2.05) is 4.90 Å². The molecule has 0 saturated carbocycles. The predicted molar refractivity (Wildman–Crippen MR) is 73.6 cm³/mol. The Labute approximate surface area is 115 Å². The van der Waals surface area contributed by atoms with E-state index >= 15 is 0 Å². The summed E-state index contributed by atoms with van der Waals surface area (Å²) in [5, 5.41) is 1.00. The second-order valence-electron chi connectivity index (χ2n) is 4.85. The quantitative estimate of drug-likeness (QED) is 0.766. The number of likely N-dealkylation sites (tertiary alicyclic amines) is 1. The van der Waals surface area contributed by atoms with E-state index < -0.39 is 0 Å². The number of amides is 1. The standard InChI is InChI=1S/C14H17BrFNO/c1-10-8-12(16)2-3-13(10)14(18)17-6-4-11(9-15)5-7-17/h2-3,8,11H,4-7,9H2,1H3. The second-order valence-corrected chi connectivity index (χ2v) is 5.50. The van der Waals surface area contributed by atoms with E-state index in [9.17, 15) is 9.18 Å². The molecule has 2 nitrogen and oxygen atoms in total. The molecule has 1 saturated heterocycles. The third-order valence-corrected chi connectivity index (χ3v) is 4.45. The van der Waals surface area contributed by atoms with Gasteiger partial charge in [-0.2, -0.15) is 0 Å². The fourth-order valence-electron chi connectivity index (χ4n) is 2.33. The summed E-state index contributed by atoms with van der Waals surface area (Å²) in [6.45, 7) is 3.37. The third-order valence-electron chi connectivity index (χ3n) is 3.54. The zero-order valence-electron chi connectivity index (χ0n) is 10.5. The number of nitrogens with zero attached hydrogens (tertiary/aromatic N) is 1. The van der Waals surface area contributed by atoms with Crippen molar-refractivity contribution < 1.29 is 9.18 Å². The number of carbonyl (C=O) groups is 1. The van der Waals surface area contributed by atoms with Crippen LogP contribution < -0.4 is 0 Å². The fraction of sp³-hybridized carbons (Fsp3) is 0.500. The van der Waals surface area contributed by atoms with Gasteiger partial charge in [-0.3, -0.25) is 4.79 Å². The van der Waals surface area contributed by atoms with Crippen molar-refractivity contribution in [3.8, 4) is 0 Å². The molecule has 98 valence electrons. The van der Waals surface area contributed by atoms with Gasteiger partial charge in [-0.1, -0.05) is 15.9 Å². The van der Waals surface area contributed by atoms with Crippen LogP contribution in [0.2, 0.25) is 0 Å². The van der Waals surface area contributed by atoms with Crippen molar-refractivity contribution in [3.05, 3.63) is 35.1 Å². The summed E-state index contributed by atoms with van der Waals surface area (Å²) < 4.78 is 13.0. The van der Waals surface area contributed by atoms with Gasteiger partial charge in [0.15, 0.2) is 0 Å². The summed E-state index contributed by atoms with van der Waals surface area (Å²) in [5.41, 5.74) is 1.33. The van der Waals surface area contributed by atoms with Gasteiger partial charge < -0.3 is 4.90 Å². The number of hydrogen-bond donors (Lipinski definition) is 0. The molecule has 1 aromatic rings. The summed E-state index contributed by atoms with van der Waals surface area (Å²) in [4.78, 5) is 14.2. The number of alkyl halides is 1. The van der Waals surface area contributed by atoms with Crippen LogP contribution in [0.4, 0.5) is 4.39 Å². The molecule has 0 radical (unpaired) electrons. The van der Waals surface area contributed by atoms with E-state index in [-0.39, 0.29) is 11.7 Å². The highest BCUT2D eigenvalue weighted by Crippen LogP contribution is 2.21. The minimum atomic E-state index is -0.290. The van der Waals surface area contributed by atoms with E-state index in [0.29, 0.717) is 17.0 Å². The summed E-state index contributed by atoms with van der Waals surface area (Å²) in [7, 11) is 0. The molecule has 4 heteroatoms. The van der Waals surface area contributed by atoms with Crippen LogP contribution in [0.15, 0.2) is 18.2 Å². The lowest BCUT2D eigenvalue weighted by Gasteiger charge is -2.31. The van der Waals surface area contributed by atoms with E-state index in [1.165, 1.54) is 12.1 Å². The van der Waals surface area contributed by atoms with Crippen LogP contribution in [0.1, 0.15) is 28.8 Å². The minimum absolute atomic E-state index is 0.0283. The lowest BCUT2D eigenvalue weighted by atomic mass is 9.98. The molecule has 0 aromatic heterocycles. The summed E-state index contributed by atoms with van der Waals surface area (Å²) in [5.74, 6) is 0.408. The van der Waals surface area contributed by atoms with Gasteiger partial charge in [-0.25, -0.2) is 4.39 Å². The molecule has 18 heavy (non-hydrogen) atoms. The zero-order valence-corrected chi connectivity index (χ0v) is 12.0. The Bertz CT molecular complexity index is 441. The van der Waals surface area contributed by atoms with Gasteiger partial charge in [0.1, 0.15) is 5.82 Å². The van der Waals surface area contributed by atoms with Crippen LogP contribution in [0.5, 0.6) is 0 Å². The molecule has 0 atom stereocenters. The number of halogens is 2. The number of rotatable bonds is 2. The number of hydrogen-bond acceptors (Lipinski definition) is 1. The molecule has 2 rings (SSSR count). The molecule has 0 aliphatic carbocycles. The average Bonchev–Trinajstić information content (AvgIpc) is 2.38. The molecule has 0 bridgehead atoms. The molecule has 1 aliphatic heterocycles. The highest BCUT2D eigenvalue weighted by atomic mass is 79.9. The molecular weight excluding hydrogens is 297 g/mol. The molecule has 1 heterocycles. The fourth-order valence-corrected chi connectivity index (χ4v) is 2.98. The van der Waals surface area contributed by atoms with Gasteiger partial charge in [0, 0.05) is 24.0 Å². The summed E-state index contributed by atoms with van der Waals surface area (Å²) in [6, 6.07) is 4.35. The first-order valence-electron chi connectivity index (χ1n) is 6.23. The molecule has 1 fully saturated rings. The highest BCUT2D eigenvalue weighted by molar-refractivity contribution is 9.09. The van der Waals surface area contributed by atoms with Gasteiger partial charge in [0.25, 0.3) is 5.91 Å². The zero-order chi connectivity index (χ0) is 13.1. The van der Waals surface area contributed by atoms with E-state index in [0.717, 1.165) is 31.3 Å². The van der Waals surface area contributed by atoms with Crippen LogP contribution in [0, 0.1) is 18.7 Å². The topological polar surface area (TPSA) is 20.3 Å². The van der Waals surface area contributed by atoms with Crippen molar-refractivity contribution in [2.45, 2.75) is 19.8 Å². The van der Waals surface area contributed by atoms with Crippen LogP contribution in [-0.2, 0) is 0 Å². The van der Waals surface area contributed by atoms with Crippen molar-refractivity contribution in [2.24, 2.45) is 5.92 Å². The number of aryl methyl sites for hydroxylation is 1. The van der Waals surface area contributed by atoms with Gasteiger partial charge in [0.05, 0.1) is 0 Å². The van der Waals surface area contributed by atoms with E-state index in [2.05, 4.69) is 15.9 Å². The first-order valence-corrected chi connectivity index (χ1v) is 7.35. The predicted octanol–water partition coefficient (Wildman–Crippen LogP) is 3.38. The van der Waals surface area contributed by atoms with Gasteiger partial charge in [-0.05, 0) is 49.4 Å². The number of carbonyl (C=O) groups excluding carboxylic acids is 1. The van der Waals surface area contributed by atoms with Gasteiger partial charge in [-0.15, -0.1) is 0 Å². The largest absolute Gasteiger partial charge is 0.339 e. The first kappa shape index (κ1) is 13.5. The molecular formula is C14H17BrFNO. The molecule has 0 unspecified atom stereocenters. The Hall–Kier alpha value is -0.900. The normalized spacial score (nSPS) is 16.9. The Kier molecular flexibility index (Phi) is 4.38. The number of piperidine rings is 1. The Morgan fingerprint density at radius 1 is 1.44 bits per heavy atom. The molecule has 1 aromatic carbocycles. The van der Waals surface area contributed by atoms with Crippen LogP contribution in [-0.4, -0.2) is 29.2 Å². The Balaban J connectivity index is 2.08. The molecule has 1 aliphatic rings. The van der Waals surface area contributed by atoms with Crippen molar-refractivity contribution in [1.82, 2.24) is 4.90 Å². The van der Waals surface area contributed by atoms with Crippen molar-refractivity contribution in [3.63, 3.8) is 0 Å². The van der Waals surface area contributed by atoms with Crippen LogP contribution in [0.25, 0.3) is 0 Å². The molecule has 1 amide bonds. The van der Waals surface area contributed by atoms with Crippen LogP contribution in [0.3, 0.4) is 0 Å². The average molecular weight is 314 g/mol. The monoisotopic (exact) mass is 313 g/mol. The van der Waals surface area contributed by atoms with Gasteiger partial charge >= 0.3 is 0 Å². The van der Waals surface area contributed by atoms with E-state index in [4.69, 9.17) is 0 Å².